The van der Waals surface area contributed by atoms with Crippen LogP contribution in [0.2, 0.25) is 0 Å². The summed E-state index contributed by atoms with van der Waals surface area (Å²) >= 11 is 5.51. The van der Waals surface area contributed by atoms with E-state index in [0.717, 1.165) is 4.90 Å². The zero-order valence-electron chi connectivity index (χ0n) is 8.54. The maximum atomic E-state index is 11.6. The van der Waals surface area contributed by atoms with Crippen LogP contribution >= 0.6 is 24.0 Å². The highest BCUT2D eigenvalue weighted by atomic mass is 32.1. The van der Waals surface area contributed by atoms with E-state index in [2.05, 4.69) is 28.0 Å². The highest BCUT2D eigenvalue weighted by Gasteiger charge is 2.08. The lowest BCUT2D eigenvalue weighted by molar-refractivity contribution is 0.0954. The van der Waals surface area contributed by atoms with E-state index < -0.39 is 0 Å². The standard InChI is InChI=1S/C9H10N4OS2/c1-13-5-11-8(12-13)3-10-9(14)7-2-6(15)4-16-7/h2,4-5,15H,3H2,1H3,(H,10,14). The van der Waals surface area contributed by atoms with E-state index in [1.54, 1.807) is 24.1 Å². The minimum absolute atomic E-state index is 0.127. The molecule has 16 heavy (non-hydrogen) atoms. The van der Waals surface area contributed by atoms with Crippen LogP contribution in [0.1, 0.15) is 15.5 Å². The molecule has 0 spiro atoms. The lowest BCUT2D eigenvalue weighted by Gasteiger charge is -1.99. The fourth-order valence-corrected chi connectivity index (χ4v) is 2.22. The van der Waals surface area contributed by atoms with E-state index in [-0.39, 0.29) is 5.91 Å². The number of rotatable bonds is 3. The summed E-state index contributed by atoms with van der Waals surface area (Å²) in [6, 6.07) is 1.73. The van der Waals surface area contributed by atoms with E-state index >= 15 is 0 Å². The number of hydrogen-bond acceptors (Lipinski definition) is 5. The first kappa shape index (κ1) is 11.2. The second-order valence-electron chi connectivity index (χ2n) is 3.19. The lowest BCUT2D eigenvalue weighted by atomic mass is 10.4. The number of aryl methyl sites for hydroxylation is 1. The molecule has 84 valence electrons. The Kier molecular flexibility index (Phi) is 3.25. The average Bonchev–Trinajstić information content (AvgIpc) is 2.84. The Morgan fingerprint density at radius 2 is 2.50 bits per heavy atom. The third-order valence-electron chi connectivity index (χ3n) is 1.86. The molecule has 2 aromatic heterocycles. The molecule has 0 radical (unpaired) electrons. The van der Waals surface area contributed by atoms with Gasteiger partial charge < -0.3 is 5.32 Å². The predicted molar refractivity (Wildman–Crippen MR) is 63.7 cm³/mol. The predicted octanol–water partition coefficient (Wildman–Crippen LogP) is 1.10. The van der Waals surface area contributed by atoms with Gasteiger partial charge in [-0.3, -0.25) is 9.48 Å². The SMILES string of the molecule is Cn1cnc(CNC(=O)c2cc(S)cs2)n1. The van der Waals surface area contributed by atoms with Crippen LogP contribution in [-0.4, -0.2) is 20.7 Å². The highest BCUT2D eigenvalue weighted by molar-refractivity contribution is 7.80. The molecule has 5 nitrogen and oxygen atoms in total. The van der Waals surface area contributed by atoms with Crippen LogP contribution in [0.5, 0.6) is 0 Å². The van der Waals surface area contributed by atoms with Gasteiger partial charge in [0, 0.05) is 17.3 Å². The van der Waals surface area contributed by atoms with Crippen LogP contribution in [0.3, 0.4) is 0 Å². The second-order valence-corrected chi connectivity index (χ2v) is 4.61. The summed E-state index contributed by atoms with van der Waals surface area (Å²) in [6.45, 7) is 0.333. The Morgan fingerprint density at radius 1 is 1.69 bits per heavy atom. The number of nitrogens with one attached hydrogen (secondary N) is 1. The fourth-order valence-electron chi connectivity index (χ4n) is 1.16. The minimum Gasteiger partial charge on any atom is -0.344 e. The third kappa shape index (κ3) is 2.61. The maximum absolute atomic E-state index is 11.6. The number of thiophene rings is 1. The van der Waals surface area contributed by atoms with E-state index in [1.807, 2.05) is 5.38 Å². The molecular formula is C9H10N4OS2. The number of carbonyl (C=O) groups is 1. The topological polar surface area (TPSA) is 59.8 Å². The van der Waals surface area contributed by atoms with Crippen molar-refractivity contribution >= 4 is 29.9 Å². The number of aromatic nitrogens is 3. The van der Waals surface area contributed by atoms with Crippen LogP contribution in [0, 0.1) is 0 Å². The summed E-state index contributed by atoms with van der Waals surface area (Å²) in [5, 5.41) is 8.62. The Hall–Kier alpha value is -1.34. The summed E-state index contributed by atoms with van der Waals surface area (Å²) in [5.41, 5.74) is 0. The van der Waals surface area contributed by atoms with Gasteiger partial charge >= 0.3 is 0 Å². The zero-order chi connectivity index (χ0) is 11.5. The molecule has 0 aliphatic rings. The molecule has 0 aliphatic carbocycles. The molecule has 7 heteroatoms. The van der Waals surface area contributed by atoms with Gasteiger partial charge in [-0.15, -0.1) is 24.0 Å². The average molecular weight is 254 g/mol. The van der Waals surface area contributed by atoms with Crippen LogP contribution < -0.4 is 5.32 Å². The van der Waals surface area contributed by atoms with Gasteiger partial charge in [-0.25, -0.2) is 4.98 Å². The summed E-state index contributed by atoms with van der Waals surface area (Å²) in [7, 11) is 1.78. The van der Waals surface area contributed by atoms with Crippen LogP contribution in [0.25, 0.3) is 0 Å². The van der Waals surface area contributed by atoms with Gasteiger partial charge in [0.1, 0.15) is 6.33 Å². The van der Waals surface area contributed by atoms with Gasteiger partial charge in [0.2, 0.25) is 0 Å². The first-order valence-electron chi connectivity index (χ1n) is 4.55. The summed E-state index contributed by atoms with van der Waals surface area (Å²) in [6.07, 6.45) is 1.60. The van der Waals surface area contributed by atoms with Crippen LogP contribution in [-0.2, 0) is 13.6 Å². The molecule has 0 unspecified atom stereocenters. The summed E-state index contributed by atoms with van der Waals surface area (Å²) < 4.78 is 1.60. The summed E-state index contributed by atoms with van der Waals surface area (Å²) in [5.74, 6) is 0.469. The molecule has 2 aromatic rings. The minimum atomic E-state index is -0.127. The van der Waals surface area contributed by atoms with E-state index in [0.29, 0.717) is 17.2 Å². The number of amides is 1. The van der Waals surface area contributed by atoms with Crippen molar-refractivity contribution in [2.24, 2.45) is 7.05 Å². The molecule has 0 saturated heterocycles. The smallest absolute Gasteiger partial charge is 0.261 e. The molecule has 0 aromatic carbocycles. The summed E-state index contributed by atoms with van der Waals surface area (Å²) in [4.78, 5) is 17.1. The van der Waals surface area contributed by atoms with Gasteiger partial charge in [-0.2, -0.15) is 5.10 Å². The van der Waals surface area contributed by atoms with Crippen molar-refractivity contribution in [3.05, 3.63) is 28.5 Å². The Balaban J connectivity index is 1.93. The fraction of sp³-hybridized carbons (Fsp3) is 0.222. The molecular weight excluding hydrogens is 244 g/mol. The van der Waals surface area contributed by atoms with Gasteiger partial charge in [0.05, 0.1) is 11.4 Å². The van der Waals surface area contributed by atoms with Crippen molar-refractivity contribution in [2.75, 3.05) is 0 Å². The van der Waals surface area contributed by atoms with Crippen LogP contribution in [0.15, 0.2) is 22.7 Å². The first-order chi connectivity index (χ1) is 7.65. The number of thiol groups is 1. The van der Waals surface area contributed by atoms with Crippen molar-refractivity contribution in [1.82, 2.24) is 20.1 Å². The molecule has 2 heterocycles. The molecule has 1 N–H and O–H groups in total. The third-order valence-corrected chi connectivity index (χ3v) is 3.23. The van der Waals surface area contributed by atoms with Crippen molar-refractivity contribution in [3.8, 4) is 0 Å². The molecule has 0 atom stereocenters. The number of carbonyl (C=O) groups excluding carboxylic acids is 1. The van der Waals surface area contributed by atoms with Crippen LogP contribution in [0.4, 0.5) is 0 Å². The molecule has 0 bridgehead atoms. The molecule has 0 aliphatic heterocycles. The Labute approximate surface area is 102 Å². The van der Waals surface area contributed by atoms with Crippen molar-refractivity contribution in [3.63, 3.8) is 0 Å². The monoisotopic (exact) mass is 254 g/mol. The second kappa shape index (κ2) is 4.67. The molecule has 1 amide bonds. The lowest BCUT2D eigenvalue weighted by Crippen LogP contribution is -2.22. The van der Waals surface area contributed by atoms with Crippen molar-refractivity contribution in [1.29, 1.82) is 0 Å². The van der Waals surface area contributed by atoms with Gasteiger partial charge in [0.15, 0.2) is 5.82 Å². The van der Waals surface area contributed by atoms with Gasteiger partial charge in [0.25, 0.3) is 5.91 Å². The number of nitrogens with zero attached hydrogens (tertiary/aromatic N) is 3. The highest BCUT2D eigenvalue weighted by Crippen LogP contribution is 2.17. The Bertz CT molecular complexity index is 505. The maximum Gasteiger partial charge on any atom is 0.261 e. The largest absolute Gasteiger partial charge is 0.344 e. The Morgan fingerprint density at radius 3 is 3.06 bits per heavy atom. The molecule has 0 fully saturated rings. The van der Waals surface area contributed by atoms with Gasteiger partial charge in [-0.05, 0) is 6.07 Å². The van der Waals surface area contributed by atoms with Gasteiger partial charge in [-0.1, -0.05) is 0 Å². The van der Waals surface area contributed by atoms with E-state index in [4.69, 9.17) is 0 Å². The first-order valence-corrected chi connectivity index (χ1v) is 5.88. The van der Waals surface area contributed by atoms with Crippen molar-refractivity contribution in [2.45, 2.75) is 11.4 Å². The van der Waals surface area contributed by atoms with E-state index in [9.17, 15) is 4.79 Å². The molecule has 2 rings (SSSR count). The quantitative estimate of drug-likeness (QED) is 0.806. The normalized spacial score (nSPS) is 10.4. The molecule has 0 saturated carbocycles. The zero-order valence-corrected chi connectivity index (χ0v) is 10.3. The van der Waals surface area contributed by atoms with Crippen molar-refractivity contribution < 1.29 is 4.79 Å². The van der Waals surface area contributed by atoms with E-state index in [1.165, 1.54) is 11.3 Å². The number of hydrogen-bond donors (Lipinski definition) is 2.